The topological polar surface area (TPSA) is 144 Å². The second kappa shape index (κ2) is 18.2. The molecule has 366 valence electrons. The number of carbonyl (C=O) groups is 2. The molecule has 0 unspecified atom stereocenters. The third-order valence-corrected chi connectivity index (χ3v) is 14.4. The van der Waals surface area contributed by atoms with Crippen LogP contribution in [0.3, 0.4) is 0 Å². The maximum atomic E-state index is 12.0. The highest BCUT2D eigenvalue weighted by Gasteiger charge is 2.34. The van der Waals surface area contributed by atoms with Gasteiger partial charge in [-0.25, -0.2) is 19.0 Å². The van der Waals surface area contributed by atoms with Gasteiger partial charge in [0.05, 0.1) is 54.2 Å². The second-order valence-electron chi connectivity index (χ2n) is 20.8. The van der Waals surface area contributed by atoms with Crippen LogP contribution >= 0.6 is 0 Å². The highest BCUT2D eigenvalue weighted by Crippen LogP contribution is 2.44. The zero-order valence-electron chi connectivity index (χ0n) is 42.8. The minimum Gasteiger partial charge on any atom is -0.494 e. The summed E-state index contributed by atoms with van der Waals surface area (Å²) < 4.78 is 10.0. The maximum Gasteiger partial charge on any atom is 0.335 e. The number of rotatable bonds is 11. The van der Waals surface area contributed by atoms with E-state index >= 15 is 0 Å². The number of carboxylic acids is 1. The lowest BCUT2D eigenvalue weighted by atomic mass is 9.86. The van der Waals surface area contributed by atoms with Gasteiger partial charge >= 0.3 is 12.0 Å². The van der Waals surface area contributed by atoms with Crippen molar-refractivity contribution in [3.63, 3.8) is 0 Å². The summed E-state index contributed by atoms with van der Waals surface area (Å²) in [4.78, 5) is 28.5. The number of aromatic nitrogens is 4. The number of hydrogen-bond acceptors (Lipinski definition) is 7. The van der Waals surface area contributed by atoms with Crippen LogP contribution in [0.5, 0.6) is 5.75 Å². The number of fused-ring (bicyclic) bond motifs is 2. The number of carbonyl (C=O) groups excluding carboxylic acids is 1. The predicted octanol–water partition coefficient (Wildman–Crippen LogP) is 13.0. The van der Waals surface area contributed by atoms with Crippen molar-refractivity contribution in [1.82, 2.24) is 19.6 Å². The molecule has 0 radical (unpaired) electrons. The summed E-state index contributed by atoms with van der Waals surface area (Å²) in [6, 6.07) is 38.5. The van der Waals surface area contributed by atoms with E-state index < -0.39 is 12.0 Å². The first-order valence-electron chi connectivity index (χ1n) is 24.6. The molecule has 2 aliphatic heterocycles. The van der Waals surface area contributed by atoms with Gasteiger partial charge in [0.25, 0.3) is 0 Å². The minimum atomic E-state index is -0.952. The lowest BCUT2D eigenvalue weighted by molar-refractivity contribution is 0.0696. The minimum absolute atomic E-state index is 0.0126. The van der Waals surface area contributed by atoms with Gasteiger partial charge < -0.3 is 30.7 Å². The number of urea groups is 1. The molecule has 12 heteroatoms. The van der Waals surface area contributed by atoms with Crippen LogP contribution in [-0.4, -0.2) is 43.8 Å². The van der Waals surface area contributed by atoms with Crippen LogP contribution < -0.4 is 25.6 Å². The van der Waals surface area contributed by atoms with Crippen molar-refractivity contribution < 1.29 is 19.4 Å². The molecule has 0 spiro atoms. The number of carboxylic acid groups (broad SMARTS) is 1. The van der Waals surface area contributed by atoms with E-state index in [4.69, 9.17) is 20.7 Å². The molecular formula is C60H62N8O4. The summed E-state index contributed by atoms with van der Waals surface area (Å²) in [5.74, 6) is 0.0154. The van der Waals surface area contributed by atoms with Gasteiger partial charge in [-0.3, -0.25) is 0 Å². The van der Waals surface area contributed by atoms with Crippen molar-refractivity contribution in [1.29, 1.82) is 0 Å². The van der Waals surface area contributed by atoms with Crippen LogP contribution in [0.25, 0.3) is 45.0 Å². The van der Waals surface area contributed by atoms with Crippen LogP contribution in [0.4, 0.5) is 21.9 Å². The Morgan fingerprint density at radius 2 is 1.21 bits per heavy atom. The quantitative estimate of drug-likeness (QED) is 0.116. The third-order valence-electron chi connectivity index (χ3n) is 14.4. The molecule has 72 heavy (non-hydrogen) atoms. The van der Waals surface area contributed by atoms with Crippen molar-refractivity contribution in [2.75, 3.05) is 22.2 Å². The smallest absolute Gasteiger partial charge is 0.335 e. The van der Waals surface area contributed by atoms with Crippen LogP contribution in [0, 0.1) is 27.7 Å². The van der Waals surface area contributed by atoms with Crippen molar-refractivity contribution in [3.8, 4) is 50.8 Å². The summed E-state index contributed by atoms with van der Waals surface area (Å²) in [5, 5.41) is 23.2. The summed E-state index contributed by atoms with van der Waals surface area (Å²) >= 11 is 0. The fourth-order valence-corrected chi connectivity index (χ4v) is 10.7. The van der Waals surface area contributed by atoms with Crippen molar-refractivity contribution in [2.24, 2.45) is 5.73 Å². The number of anilines is 3. The average molecular weight is 959 g/mol. The van der Waals surface area contributed by atoms with Crippen molar-refractivity contribution >= 4 is 29.1 Å². The fourth-order valence-electron chi connectivity index (χ4n) is 10.7. The Hall–Kier alpha value is -8.12. The van der Waals surface area contributed by atoms with Gasteiger partial charge in [0.1, 0.15) is 11.4 Å². The fraction of sp³-hybridized carbons (Fsp3) is 0.267. The number of aromatic carboxylic acids is 1. The van der Waals surface area contributed by atoms with E-state index in [0.29, 0.717) is 31.9 Å². The highest BCUT2D eigenvalue weighted by atomic mass is 16.5. The van der Waals surface area contributed by atoms with E-state index in [0.717, 1.165) is 90.0 Å². The van der Waals surface area contributed by atoms with Crippen LogP contribution in [-0.2, 0) is 31.6 Å². The number of primary amides is 1. The first-order valence-corrected chi connectivity index (χ1v) is 24.6. The summed E-state index contributed by atoms with van der Waals surface area (Å²) in [6.07, 6.45) is 0. The average Bonchev–Trinajstić information content (AvgIpc) is 4.11. The molecule has 0 aliphatic carbocycles. The monoisotopic (exact) mass is 958 g/mol. The molecule has 2 amide bonds. The standard InChI is InChI=1S/C60H62N8O4/c1-34(2)46-28-42(21-25-51(46)65-30-47-49(32-65)64-68(55-36(4)12-11-13-53(55)72-10)57(47)40-19-23-45(24-20-40)62-59(61)71)43-26-37(5)54(38(6)27-43)67-56(39-15-17-41(18-16-39)58(69)70)48-31-66(33-50(48)63-67)52-29-44(60(7,8)9)22-14-35(52)3/h11-29,34H,30-33H2,1-10H3,(H,69,70)(H3,61,62,71). The highest BCUT2D eigenvalue weighted by molar-refractivity contribution is 5.89. The molecule has 2 aliphatic rings. The number of nitrogens with zero attached hydrogens (tertiary/aromatic N) is 6. The lowest BCUT2D eigenvalue weighted by Crippen LogP contribution is -2.19. The summed E-state index contributed by atoms with van der Waals surface area (Å²) in [5.41, 5.74) is 28.0. The number of para-hydroxylation sites is 1. The number of ether oxygens (including phenoxy) is 1. The second-order valence-corrected chi connectivity index (χ2v) is 20.8. The van der Waals surface area contributed by atoms with Gasteiger partial charge in [-0.05, 0) is 144 Å². The largest absolute Gasteiger partial charge is 0.494 e. The normalized spacial score (nSPS) is 13.2. The molecule has 0 saturated carbocycles. The molecular weight excluding hydrogens is 897 g/mol. The van der Waals surface area contributed by atoms with Gasteiger partial charge in [0, 0.05) is 52.4 Å². The van der Waals surface area contributed by atoms with E-state index in [1.165, 1.54) is 28.1 Å². The Labute approximate surface area is 421 Å². The molecule has 6 aromatic carbocycles. The van der Waals surface area contributed by atoms with Crippen LogP contribution in [0.2, 0.25) is 0 Å². The molecule has 0 atom stereocenters. The molecule has 0 bridgehead atoms. The van der Waals surface area contributed by atoms with Gasteiger partial charge in [-0.2, -0.15) is 10.2 Å². The zero-order valence-corrected chi connectivity index (χ0v) is 42.8. The molecule has 4 heterocycles. The van der Waals surface area contributed by atoms with Gasteiger partial charge in [0.2, 0.25) is 0 Å². The molecule has 2 aromatic heterocycles. The van der Waals surface area contributed by atoms with E-state index in [1.54, 1.807) is 19.2 Å². The molecule has 10 rings (SSSR count). The molecule has 12 nitrogen and oxygen atoms in total. The van der Waals surface area contributed by atoms with E-state index in [1.807, 2.05) is 53.2 Å². The Morgan fingerprint density at radius 1 is 0.639 bits per heavy atom. The number of benzene rings is 6. The van der Waals surface area contributed by atoms with E-state index in [2.05, 4.69) is 137 Å². The maximum absolute atomic E-state index is 12.0. The number of aryl methyl sites for hydroxylation is 4. The number of nitrogens with two attached hydrogens (primary N) is 1. The van der Waals surface area contributed by atoms with E-state index in [-0.39, 0.29) is 16.9 Å². The molecule has 8 aromatic rings. The van der Waals surface area contributed by atoms with Gasteiger partial charge in [-0.15, -0.1) is 0 Å². The first kappa shape index (κ1) is 47.6. The Kier molecular flexibility index (Phi) is 12.0. The van der Waals surface area contributed by atoms with Crippen molar-refractivity contribution in [2.45, 2.75) is 99.8 Å². The third kappa shape index (κ3) is 8.54. The van der Waals surface area contributed by atoms with Gasteiger partial charge in [-0.1, -0.05) is 89.2 Å². The Balaban J connectivity index is 0.996. The van der Waals surface area contributed by atoms with Crippen LogP contribution in [0.15, 0.2) is 115 Å². The zero-order chi connectivity index (χ0) is 50.9. The van der Waals surface area contributed by atoms with Crippen molar-refractivity contribution in [3.05, 3.63) is 177 Å². The molecule has 0 saturated heterocycles. The summed E-state index contributed by atoms with van der Waals surface area (Å²) in [6.45, 7) is 22.4. The SMILES string of the molecule is COc1cccc(C)c1-n1nc2c(c1-c1ccc(NC(N)=O)cc1)CN(c1ccc(-c3cc(C)c(-n4nc5c(c4-c4ccc(C(=O)O)cc4)CN(c4cc(C(C)(C)C)ccc4C)C5)c(C)c3)cc1C(C)C)C2. The van der Waals surface area contributed by atoms with E-state index in [9.17, 15) is 14.7 Å². The number of methoxy groups -OCH3 is 1. The molecule has 4 N–H and O–H groups in total. The summed E-state index contributed by atoms with van der Waals surface area (Å²) in [7, 11) is 1.68. The Bertz CT molecular complexity index is 3430. The number of hydrogen-bond donors (Lipinski definition) is 3. The predicted molar refractivity (Wildman–Crippen MR) is 288 cm³/mol. The van der Waals surface area contributed by atoms with Crippen LogP contribution in [0.1, 0.15) is 107 Å². The number of amides is 2. The molecule has 0 fully saturated rings. The van der Waals surface area contributed by atoms with Gasteiger partial charge in [0.15, 0.2) is 0 Å². The lowest BCUT2D eigenvalue weighted by Gasteiger charge is -2.26. The first-order chi connectivity index (χ1) is 34.4. The number of nitrogens with one attached hydrogen (secondary N) is 1. The Morgan fingerprint density at radius 3 is 1.76 bits per heavy atom.